The molecule has 5 nitrogen and oxygen atoms in total. The SMILES string of the molecule is Cc1oc(C)c(C(=O)N2CCN(C(=O)c3ccc(F)c(F)c3)CC2)c1C. The maximum atomic E-state index is 13.3. The van der Waals surface area contributed by atoms with E-state index in [0.717, 1.165) is 23.5 Å². The van der Waals surface area contributed by atoms with Crippen molar-refractivity contribution in [2.24, 2.45) is 0 Å². The van der Waals surface area contributed by atoms with Crippen molar-refractivity contribution in [3.63, 3.8) is 0 Å². The van der Waals surface area contributed by atoms with Gasteiger partial charge in [0.15, 0.2) is 11.6 Å². The van der Waals surface area contributed by atoms with Gasteiger partial charge in [0.05, 0.1) is 5.56 Å². The molecule has 1 aromatic heterocycles. The van der Waals surface area contributed by atoms with Crippen LogP contribution < -0.4 is 0 Å². The zero-order valence-electron chi connectivity index (χ0n) is 14.9. The van der Waals surface area contributed by atoms with Crippen molar-refractivity contribution < 1.29 is 22.8 Å². The van der Waals surface area contributed by atoms with Crippen molar-refractivity contribution in [1.82, 2.24) is 9.80 Å². The van der Waals surface area contributed by atoms with Gasteiger partial charge in [-0.05, 0) is 39.0 Å². The van der Waals surface area contributed by atoms with E-state index in [4.69, 9.17) is 4.42 Å². The number of hydrogen-bond donors (Lipinski definition) is 0. The molecule has 1 fully saturated rings. The first kappa shape index (κ1) is 18.1. The van der Waals surface area contributed by atoms with Crippen molar-refractivity contribution >= 4 is 11.8 Å². The molecule has 1 aromatic carbocycles. The van der Waals surface area contributed by atoms with E-state index in [1.807, 2.05) is 13.8 Å². The molecule has 3 rings (SSSR count). The highest BCUT2D eigenvalue weighted by molar-refractivity contribution is 5.97. The lowest BCUT2D eigenvalue weighted by Crippen LogP contribution is -2.50. The lowest BCUT2D eigenvalue weighted by Gasteiger charge is -2.35. The van der Waals surface area contributed by atoms with Crippen LogP contribution in [0.1, 0.15) is 37.8 Å². The predicted molar refractivity (Wildman–Crippen MR) is 91.1 cm³/mol. The van der Waals surface area contributed by atoms with E-state index in [9.17, 15) is 18.4 Å². The number of rotatable bonds is 2. The van der Waals surface area contributed by atoms with Crippen molar-refractivity contribution in [1.29, 1.82) is 0 Å². The quantitative estimate of drug-likeness (QED) is 0.825. The Bertz CT molecular complexity index is 868. The van der Waals surface area contributed by atoms with Crippen LogP contribution in [-0.4, -0.2) is 47.8 Å². The van der Waals surface area contributed by atoms with Gasteiger partial charge < -0.3 is 14.2 Å². The van der Waals surface area contributed by atoms with Gasteiger partial charge in [-0.15, -0.1) is 0 Å². The van der Waals surface area contributed by atoms with E-state index in [-0.39, 0.29) is 17.4 Å². The zero-order chi connectivity index (χ0) is 19.0. The summed E-state index contributed by atoms with van der Waals surface area (Å²) in [5.41, 5.74) is 1.50. The number of piperazine rings is 1. The van der Waals surface area contributed by atoms with Gasteiger partial charge in [0.25, 0.3) is 11.8 Å². The number of aryl methyl sites for hydroxylation is 2. The number of hydrogen-bond acceptors (Lipinski definition) is 3. The second kappa shape index (κ2) is 6.90. The number of carbonyl (C=O) groups excluding carboxylic acids is 2. The Kier molecular flexibility index (Phi) is 4.80. The molecule has 0 spiro atoms. The maximum Gasteiger partial charge on any atom is 0.257 e. The summed E-state index contributed by atoms with van der Waals surface area (Å²) in [5.74, 6) is -1.22. The summed E-state index contributed by atoms with van der Waals surface area (Å²) >= 11 is 0. The fraction of sp³-hybridized carbons (Fsp3) is 0.368. The monoisotopic (exact) mass is 362 g/mol. The molecule has 2 aromatic rings. The maximum absolute atomic E-state index is 13.3. The van der Waals surface area contributed by atoms with E-state index in [1.54, 1.807) is 11.8 Å². The molecule has 7 heteroatoms. The van der Waals surface area contributed by atoms with Crippen LogP contribution in [0, 0.1) is 32.4 Å². The summed E-state index contributed by atoms with van der Waals surface area (Å²) in [7, 11) is 0. The number of halogens is 2. The average Bonchev–Trinajstić information content (AvgIpc) is 2.88. The minimum absolute atomic E-state index is 0.0980. The summed E-state index contributed by atoms with van der Waals surface area (Å²) in [6.07, 6.45) is 0. The van der Waals surface area contributed by atoms with E-state index in [1.165, 1.54) is 11.0 Å². The summed E-state index contributed by atoms with van der Waals surface area (Å²) < 4.78 is 31.9. The van der Waals surface area contributed by atoms with Crippen molar-refractivity contribution in [3.05, 3.63) is 58.0 Å². The van der Waals surface area contributed by atoms with Gasteiger partial charge in [-0.3, -0.25) is 9.59 Å². The number of amides is 2. The molecule has 138 valence electrons. The van der Waals surface area contributed by atoms with Crippen LogP contribution in [-0.2, 0) is 0 Å². The Morgan fingerprint density at radius 1 is 0.885 bits per heavy atom. The van der Waals surface area contributed by atoms with Gasteiger partial charge in [0.1, 0.15) is 11.5 Å². The highest BCUT2D eigenvalue weighted by Crippen LogP contribution is 2.23. The molecule has 2 heterocycles. The molecule has 0 saturated carbocycles. The highest BCUT2D eigenvalue weighted by Gasteiger charge is 2.29. The zero-order valence-corrected chi connectivity index (χ0v) is 14.9. The average molecular weight is 362 g/mol. The molecule has 0 atom stereocenters. The van der Waals surface area contributed by atoms with E-state index < -0.39 is 11.6 Å². The van der Waals surface area contributed by atoms with Crippen LogP contribution in [0.2, 0.25) is 0 Å². The van der Waals surface area contributed by atoms with Gasteiger partial charge in [-0.25, -0.2) is 8.78 Å². The number of furan rings is 1. The first-order valence-corrected chi connectivity index (χ1v) is 8.39. The smallest absolute Gasteiger partial charge is 0.257 e. The van der Waals surface area contributed by atoms with E-state index in [2.05, 4.69) is 0 Å². The van der Waals surface area contributed by atoms with Crippen molar-refractivity contribution in [3.8, 4) is 0 Å². The minimum atomic E-state index is -1.05. The second-order valence-electron chi connectivity index (χ2n) is 6.43. The van der Waals surface area contributed by atoms with Gasteiger partial charge in [-0.1, -0.05) is 0 Å². The van der Waals surface area contributed by atoms with Gasteiger partial charge in [0, 0.05) is 37.3 Å². The highest BCUT2D eigenvalue weighted by atomic mass is 19.2. The van der Waals surface area contributed by atoms with Crippen LogP contribution in [0.4, 0.5) is 8.78 Å². The molecule has 1 aliphatic heterocycles. The second-order valence-corrected chi connectivity index (χ2v) is 6.43. The summed E-state index contributed by atoms with van der Waals surface area (Å²) in [5, 5.41) is 0. The molecule has 0 bridgehead atoms. The van der Waals surface area contributed by atoms with Crippen LogP contribution in [0.3, 0.4) is 0 Å². The number of benzene rings is 1. The van der Waals surface area contributed by atoms with Gasteiger partial charge in [0.2, 0.25) is 0 Å². The molecule has 0 N–H and O–H groups in total. The third-order valence-electron chi connectivity index (χ3n) is 4.80. The molecule has 1 aliphatic rings. The molecule has 0 aliphatic carbocycles. The van der Waals surface area contributed by atoms with Gasteiger partial charge in [-0.2, -0.15) is 0 Å². The van der Waals surface area contributed by atoms with Crippen LogP contribution in [0.5, 0.6) is 0 Å². The Balaban J connectivity index is 1.68. The normalized spacial score (nSPS) is 14.7. The predicted octanol–water partition coefficient (Wildman–Crippen LogP) is 3.08. The lowest BCUT2D eigenvalue weighted by atomic mass is 10.1. The lowest BCUT2D eigenvalue weighted by molar-refractivity contribution is 0.0533. The van der Waals surface area contributed by atoms with Crippen LogP contribution >= 0.6 is 0 Å². The fourth-order valence-corrected chi connectivity index (χ4v) is 3.19. The summed E-state index contributed by atoms with van der Waals surface area (Å²) in [4.78, 5) is 28.4. The minimum Gasteiger partial charge on any atom is -0.466 e. The molecule has 0 radical (unpaired) electrons. The Hall–Kier alpha value is -2.70. The third kappa shape index (κ3) is 3.21. The summed E-state index contributed by atoms with van der Waals surface area (Å²) in [6.45, 7) is 6.83. The molecule has 2 amide bonds. The standard InChI is InChI=1S/C19H20F2N2O3/c1-11-12(2)26-13(3)17(11)19(25)23-8-6-22(7-9-23)18(24)14-4-5-15(20)16(21)10-14/h4-5,10H,6-9H2,1-3H3. The number of carbonyl (C=O) groups is 2. The first-order chi connectivity index (χ1) is 12.3. The summed E-state index contributed by atoms with van der Waals surface area (Å²) in [6, 6.07) is 3.10. The molecule has 0 unspecified atom stereocenters. The van der Waals surface area contributed by atoms with E-state index in [0.29, 0.717) is 37.5 Å². The van der Waals surface area contributed by atoms with Crippen molar-refractivity contribution in [2.45, 2.75) is 20.8 Å². The molecule has 26 heavy (non-hydrogen) atoms. The van der Waals surface area contributed by atoms with Crippen LogP contribution in [0.15, 0.2) is 22.6 Å². The largest absolute Gasteiger partial charge is 0.466 e. The Morgan fingerprint density at radius 2 is 1.46 bits per heavy atom. The van der Waals surface area contributed by atoms with Crippen molar-refractivity contribution in [2.75, 3.05) is 26.2 Å². The fourth-order valence-electron chi connectivity index (χ4n) is 3.19. The Labute approximate surface area is 150 Å². The van der Waals surface area contributed by atoms with E-state index >= 15 is 0 Å². The molecular weight excluding hydrogens is 342 g/mol. The number of nitrogens with zero attached hydrogens (tertiary/aromatic N) is 2. The third-order valence-corrected chi connectivity index (χ3v) is 4.80. The van der Waals surface area contributed by atoms with Gasteiger partial charge >= 0.3 is 0 Å². The Morgan fingerprint density at radius 3 is 1.96 bits per heavy atom. The van der Waals surface area contributed by atoms with Crippen LogP contribution in [0.25, 0.3) is 0 Å². The molecule has 1 saturated heterocycles. The molecular formula is C19H20F2N2O3. The first-order valence-electron chi connectivity index (χ1n) is 8.39. The topological polar surface area (TPSA) is 53.8 Å².